The summed E-state index contributed by atoms with van der Waals surface area (Å²) in [7, 11) is 0. The normalized spacial score (nSPS) is 0. The van der Waals surface area contributed by atoms with Gasteiger partial charge in [0.1, 0.15) is 0 Å². The Bertz CT molecular complexity index is 24.1. The van der Waals surface area contributed by atoms with Gasteiger partial charge in [-0.2, -0.15) is 0 Å². The summed E-state index contributed by atoms with van der Waals surface area (Å²) in [6.07, 6.45) is 0. The van der Waals surface area contributed by atoms with Crippen molar-refractivity contribution in [2.45, 2.75) is 0 Å². The number of hydrogen-bond donors (Lipinski definition) is 0. The van der Waals surface area contributed by atoms with E-state index in [-0.39, 0.29) is 163 Å². The predicted molar refractivity (Wildman–Crippen MR) is 6.18 cm³/mol. The first-order chi connectivity index (χ1) is 0. The number of rotatable bonds is 0. The smallest absolute Gasteiger partial charge is 2.00 e. The van der Waals surface area contributed by atoms with Crippen LogP contribution in [0.3, 0.4) is 0 Å². The third kappa shape index (κ3) is 380. The molecule has 9 nitrogen and oxygen atoms in total. The van der Waals surface area contributed by atoms with E-state index in [4.69, 9.17) is 0 Å². The molecular formula is Li2Mn2Mo2O9. The van der Waals surface area contributed by atoms with Crippen molar-refractivity contribution in [2.75, 3.05) is 0 Å². The van der Waals surface area contributed by atoms with Gasteiger partial charge in [0.2, 0.25) is 0 Å². The van der Waals surface area contributed by atoms with E-state index >= 15 is 0 Å². The van der Waals surface area contributed by atoms with Crippen LogP contribution in [0.5, 0.6) is 0 Å². The van der Waals surface area contributed by atoms with E-state index < -0.39 is 0 Å². The fourth-order valence-corrected chi connectivity index (χ4v) is 0. The average molecular weight is 460 g/mol. The molecule has 0 aromatic heterocycles. The van der Waals surface area contributed by atoms with Crippen molar-refractivity contribution in [2.24, 2.45) is 0 Å². The summed E-state index contributed by atoms with van der Waals surface area (Å²) < 4.78 is 0. The summed E-state index contributed by atoms with van der Waals surface area (Å²) in [4.78, 5) is 0. The van der Waals surface area contributed by atoms with Crippen LogP contribution in [0.2, 0.25) is 0 Å². The molecule has 15 heteroatoms. The van der Waals surface area contributed by atoms with Crippen molar-refractivity contribution in [1.82, 2.24) is 0 Å². The summed E-state index contributed by atoms with van der Waals surface area (Å²) in [6, 6.07) is 0. The molecule has 0 bridgehead atoms. The maximum atomic E-state index is 0. The molecule has 0 aliphatic rings. The van der Waals surface area contributed by atoms with E-state index in [1.165, 1.54) is 0 Å². The molecule has 0 spiro atoms. The van der Waals surface area contributed by atoms with Gasteiger partial charge in [0, 0.05) is 0 Å². The molecule has 2 radical (unpaired) electrons. The second-order valence-corrected chi connectivity index (χ2v) is 0. The van der Waals surface area contributed by atoms with Crippen molar-refractivity contribution in [3.63, 3.8) is 0 Å². The van der Waals surface area contributed by atoms with Crippen molar-refractivity contribution >= 4 is 0 Å². The van der Waals surface area contributed by atoms with Gasteiger partial charge < -0.3 is 49.3 Å². The summed E-state index contributed by atoms with van der Waals surface area (Å²) in [5.74, 6) is 0. The van der Waals surface area contributed by atoms with Crippen molar-refractivity contribution in [3.05, 3.63) is 0 Å². The zero-order valence-corrected chi connectivity index (χ0v) is 13.6. The molecular weight excluding hydrogens is 460 g/mol. The van der Waals surface area contributed by atoms with Crippen LogP contribution in [-0.4, -0.2) is 0 Å². The minimum absolute atomic E-state index is 0. The van der Waals surface area contributed by atoms with Crippen molar-refractivity contribution in [1.29, 1.82) is 0 Å². The van der Waals surface area contributed by atoms with E-state index in [0.29, 0.717) is 0 Å². The van der Waals surface area contributed by atoms with Gasteiger partial charge in [-0.25, -0.2) is 0 Å². The SMILES string of the molecule is [Li+].[Li+].[Mn+2].[Mn+2].[Mo+6].[Mo+6].[O-2].[O-2].[O-2].[O-2].[O-2].[O-2].[O-2].[O-2].[O-2]. The Morgan fingerprint density at radius 2 is 0.267 bits per heavy atom. The molecule has 0 aliphatic carbocycles. The molecule has 0 heterocycles. The molecule has 0 aromatic carbocycles. The van der Waals surface area contributed by atoms with Gasteiger partial charge in [-0.15, -0.1) is 0 Å². The van der Waals surface area contributed by atoms with Crippen LogP contribution in [0.25, 0.3) is 0 Å². The van der Waals surface area contributed by atoms with E-state index in [1.54, 1.807) is 0 Å². The first kappa shape index (κ1) is 514. The van der Waals surface area contributed by atoms with Crippen LogP contribution in [0.4, 0.5) is 0 Å². The maximum absolute atomic E-state index is 0. The average Bonchev–Trinajstić information content (AvgIpc) is 0. The molecule has 0 N–H and O–H groups in total. The second kappa shape index (κ2) is 431. The van der Waals surface area contributed by atoms with Gasteiger partial charge in [-0.3, -0.25) is 0 Å². The first-order valence-corrected chi connectivity index (χ1v) is 0. The van der Waals surface area contributed by atoms with E-state index in [9.17, 15) is 0 Å². The standard InChI is InChI=1S/2Li.2Mn.2Mo.9O/q2*+1;2*+2;2*+6;9*-2. The van der Waals surface area contributed by atoms with Crippen LogP contribution >= 0.6 is 0 Å². The molecule has 0 rings (SSSR count). The molecule has 15 heavy (non-hydrogen) atoms. The van der Waals surface area contributed by atoms with Gasteiger partial charge in [0.15, 0.2) is 0 Å². The van der Waals surface area contributed by atoms with Crippen LogP contribution in [-0.2, 0) is 126 Å². The van der Waals surface area contributed by atoms with Crippen LogP contribution in [0, 0.1) is 0 Å². The Balaban J connectivity index is 0. The molecule has 0 fully saturated rings. The van der Waals surface area contributed by atoms with Gasteiger partial charge >= 0.3 is 114 Å². The van der Waals surface area contributed by atoms with Gasteiger partial charge in [-0.05, 0) is 0 Å². The fourth-order valence-electron chi connectivity index (χ4n) is 0. The van der Waals surface area contributed by atoms with E-state index in [0.717, 1.165) is 0 Å². The van der Waals surface area contributed by atoms with Crippen LogP contribution in [0.15, 0.2) is 0 Å². The topological polar surface area (TPSA) is 256 Å². The number of hydrogen-bond acceptors (Lipinski definition) is 0. The zero-order chi connectivity index (χ0) is 0. The minimum atomic E-state index is 0. The minimum Gasteiger partial charge on any atom is -2.00 e. The zero-order valence-electron chi connectivity index (χ0n) is 7.25. The first-order valence-electron chi connectivity index (χ1n) is 0. The molecule has 0 atom stereocenters. The molecule has 0 unspecified atom stereocenters. The monoisotopic (exact) mass is 464 g/mol. The summed E-state index contributed by atoms with van der Waals surface area (Å²) >= 11 is 0. The maximum Gasteiger partial charge on any atom is 6.00 e. The molecule has 0 aromatic rings. The third-order valence-corrected chi connectivity index (χ3v) is 0. The Labute approximate surface area is 161 Å². The molecule has 0 saturated carbocycles. The quantitative estimate of drug-likeness (QED) is 0.306. The molecule has 82 valence electrons. The van der Waals surface area contributed by atoms with E-state index in [2.05, 4.69) is 0 Å². The van der Waals surface area contributed by atoms with Crippen molar-refractivity contribution in [3.8, 4) is 0 Å². The Morgan fingerprint density at radius 1 is 0.267 bits per heavy atom. The second-order valence-electron chi connectivity index (χ2n) is 0. The third-order valence-electron chi connectivity index (χ3n) is 0. The predicted octanol–water partition coefficient (Wildman–Crippen LogP) is -7.07. The molecule has 0 saturated heterocycles. The molecule has 0 aliphatic heterocycles. The summed E-state index contributed by atoms with van der Waals surface area (Å²) in [5.41, 5.74) is 0. The van der Waals surface area contributed by atoms with Gasteiger partial charge in [-0.1, -0.05) is 0 Å². The summed E-state index contributed by atoms with van der Waals surface area (Å²) in [5, 5.41) is 0. The Kier molecular flexibility index (Phi) is 14800. The van der Waals surface area contributed by atoms with Crippen molar-refractivity contribution < 1.29 is 163 Å². The Hall–Kier alpha value is 3.25. The van der Waals surface area contributed by atoms with Crippen LogP contribution < -0.4 is 37.7 Å². The molecule has 0 amide bonds. The van der Waals surface area contributed by atoms with Gasteiger partial charge in [0.05, 0.1) is 0 Å². The van der Waals surface area contributed by atoms with Crippen LogP contribution in [0.1, 0.15) is 0 Å². The van der Waals surface area contributed by atoms with Gasteiger partial charge in [0.25, 0.3) is 0 Å². The largest absolute Gasteiger partial charge is 6.00 e. The van der Waals surface area contributed by atoms with E-state index in [1.807, 2.05) is 0 Å². The fraction of sp³-hybridized carbons (Fsp3) is 0. The summed E-state index contributed by atoms with van der Waals surface area (Å²) in [6.45, 7) is 0. The Morgan fingerprint density at radius 3 is 0.267 bits per heavy atom.